The molecule has 1 N–H and O–H groups in total. The van der Waals surface area contributed by atoms with Gasteiger partial charge in [0.15, 0.2) is 6.04 Å². The third-order valence-electron chi connectivity index (χ3n) is 4.27. The van der Waals surface area contributed by atoms with Crippen LogP contribution in [0.25, 0.3) is 0 Å². The monoisotopic (exact) mass is 349 g/mol. The molecule has 6 heteroatoms. The lowest BCUT2D eigenvalue weighted by Crippen LogP contribution is -2.43. The van der Waals surface area contributed by atoms with Gasteiger partial charge >= 0.3 is 6.18 Å². The van der Waals surface area contributed by atoms with Gasteiger partial charge in [0, 0.05) is 0 Å². The van der Waals surface area contributed by atoms with E-state index in [4.69, 9.17) is 4.74 Å². The molecule has 3 rings (SSSR count). The Balaban J connectivity index is 1.76. The number of para-hydroxylation sites is 1. The van der Waals surface area contributed by atoms with Gasteiger partial charge in [0.1, 0.15) is 12.4 Å². The second-order valence-electron chi connectivity index (χ2n) is 6.21. The van der Waals surface area contributed by atoms with E-state index in [0.29, 0.717) is 12.2 Å². The number of amides is 1. The van der Waals surface area contributed by atoms with Gasteiger partial charge < -0.3 is 10.1 Å². The van der Waals surface area contributed by atoms with E-state index in [9.17, 15) is 18.0 Å². The second kappa shape index (κ2) is 6.78. The lowest BCUT2D eigenvalue weighted by atomic mass is 9.95. The minimum absolute atomic E-state index is 0.0172. The van der Waals surface area contributed by atoms with Crippen molar-refractivity contribution in [3.05, 3.63) is 65.2 Å². The number of carbonyl (C=O) groups is 1. The first-order chi connectivity index (χ1) is 11.8. The first-order valence-electron chi connectivity index (χ1n) is 7.99. The number of fused-ring (bicyclic) bond motifs is 1. The third-order valence-corrected chi connectivity index (χ3v) is 4.27. The predicted octanol–water partition coefficient (Wildman–Crippen LogP) is 3.97. The van der Waals surface area contributed by atoms with Gasteiger partial charge in [-0.1, -0.05) is 48.0 Å². The minimum Gasteiger partial charge on any atom is -0.492 e. The fourth-order valence-electron chi connectivity index (χ4n) is 2.87. The van der Waals surface area contributed by atoms with Gasteiger partial charge in [-0.25, -0.2) is 0 Å². The van der Waals surface area contributed by atoms with Gasteiger partial charge in [0.2, 0.25) is 5.91 Å². The van der Waals surface area contributed by atoms with Crippen LogP contribution in [0.2, 0.25) is 0 Å². The molecule has 0 saturated heterocycles. The molecule has 0 aliphatic carbocycles. The van der Waals surface area contributed by atoms with Crippen molar-refractivity contribution >= 4 is 5.91 Å². The van der Waals surface area contributed by atoms with E-state index in [-0.39, 0.29) is 12.2 Å². The Morgan fingerprint density at radius 1 is 1.16 bits per heavy atom. The van der Waals surface area contributed by atoms with Crippen LogP contribution in [0.1, 0.15) is 22.7 Å². The van der Waals surface area contributed by atoms with E-state index >= 15 is 0 Å². The van der Waals surface area contributed by atoms with Gasteiger partial charge in [0.05, 0.1) is 5.92 Å². The topological polar surface area (TPSA) is 38.3 Å². The van der Waals surface area contributed by atoms with Crippen LogP contribution in [0.15, 0.2) is 48.5 Å². The summed E-state index contributed by atoms with van der Waals surface area (Å²) in [4.78, 5) is 12.4. The Bertz CT molecular complexity index is 756. The number of rotatable bonds is 3. The highest BCUT2D eigenvalue weighted by atomic mass is 19.4. The van der Waals surface area contributed by atoms with Gasteiger partial charge in [-0.3, -0.25) is 4.79 Å². The van der Waals surface area contributed by atoms with E-state index in [1.165, 1.54) is 12.1 Å². The maximum Gasteiger partial charge on any atom is 0.412 e. The predicted molar refractivity (Wildman–Crippen MR) is 87.2 cm³/mol. The lowest BCUT2D eigenvalue weighted by Gasteiger charge is -2.28. The van der Waals surface area contributed by atoms with Crippen LogP contribution >= 0.6 is 0 Å². The molecule has 1 aliphatic heterocycles. The Hall–Kier alpha value is -2.50. The van der Waals surface area contributed by atoms with Crippen molar-refractivity contribution in [1.29, 1.82) is 0 Å². The number of hydrogen-bond donors (Lipinski definition) is 1. The first kappa shape index (κ1) is 17.3. The Kier molecular flexibility index (Phi) is 4.70. The molecule has 25 heavy (non-hydrogen) atoms. The summed E-state index contributed by atoms with van der Waals surface area (Å²) in [7, 11) is 0. The molecule has 1 amide bonds. The molecule has 0 unspecified atom stereocenters. The van der Waals surface area contributed by atoms with Crippen molar-refractivity contribution in [2.24, 2.45) is 5.92 Å². The summed E-state index contributed by atoms with van der Waals surface area (Å²) in [6.07, 6.45) is -4.21. The fraction of sp³-hybridized carbons (Fsp3) is 0.316. The molecule has 2 aromatic rings. The molecule has 0 bridgehead atoms. The van der Waals surface area contributed by atoms with Crippen LogP contribution in [0, 0.1) is 12.8 Å². The molecule has 2 atom stereocenters. The molecule has 132 valence electrons. The van der Waals surface area contributed by atoms with Crippen molar-refractivity contribution in [3.8, 4) is 5.75 Å². The maximum atomic E-state index is 13.4. The number of hydrogen-bond acceptors (Lipinski definition) is 2. The summed E-state index contributed by atoms with van der Waals surface area (Å²) >= 11 is 0. The summed E-state index contributed by atoms with van der Waals surface area (Å²) in [5, 5.41) is 2.15. The molecule has 0 radical (unpaired) electrons. The van der Waals surface area contributed by atoms with Gasteiger partial charge in [-0.15, -0.1) is 0 Å². The van der Waals surface area contributed by atoms with E-state index in [0.717, 1.165) is 11.1 Å². The highest BCUT2D eigenvalue weighted by molar-refractivity contribution is 5.80. The highest BCUT2D eigenvalue weighted by Crippen LogP contribution is 2.34. The van der Waals surface area contributed by atoms with E-state index < -0.39 is 24.0 Å². The number of aryl methyl sites for hydroxylation is 1. The number of alkyl halides is 3. The average molecular weight is 349 g/mol. The molecular formula is C19H18F3NO2. The van der Waals surface area contributed by atoms with Gasteiger partial charge in [-0.05, 0) is 30.5 Å². The van der Waals surface area contributed by atoms with Crippen LogP contribution < -0.4 is 10.1 Å². The normalized spacial score (nSPS) is 18.0. The van der Waals surface area contributed by atoms with Crippen LogP contribution in [0.3, 0.4) is 0 Å². The van der Waals surface area contributed by atoms with E-state index in [2.05, 4.69) is 5.32 Å². The minimum atomic E-state index is -4.57. The number of nitrogens with one attached hydrogen (secondary N) is 1. The van der Waals surface area contributed by atoms with Crippen molar-refractivity contribution in [2.75, 3.05) is 6.61 Å². The molecule has 0 fully saturated rings. The van der Waals surface area contributed by atoms with Crippen LogP contribution in [-0.4, -0.2) is 18.7 Å². The zero-order valence-electron chi connectivity index (χ0n) is 13.6. The van der Waals surface area contributed by atoms with Crippen molar-refractivity contribution in [1.82, 2.24) is 5.32 Å². The van der Waals surface area contributed by atoms with Crippen molar-refractivity contribution < 1.29 is 22.7 Å². The Morgan fingerprint density at radius 2 is 1.84 bits per heavy atom. The molecule has 1 aliphatic rings. The maximum absolute atomic E-state index is 13.4. The third kappa shape index (κ3) is 3.95. The zero-order valence-corrected chi connectivity index (χ0v) is 13.6. The SMILES string of the molecule is Cc1ccc([C@@H](NC(=O)[C@@H]2COc3ccccc3C2)C(F)(F)F)cc1. The lowest BCUT2D eigenvalue weighted by molar-refractivity contribution is -0.165. The van der Waals surface area contributed by atoms with Gasteiger partial charge in [0.25, 0.3) is 0 Å². The van der Waals surface area contributed by atoms with Crippen LogP contribution in [0.4, 0.5) is 13.2 Å². The van der Waals surface area contributed by atoms with E-state index in [1.807, 2.05) is 18.2 Å². The quantitative estimate of drug-likeness (QED) is 0.911. The Morgan fingerprint density at radius 3 is 2.52 bits per heavy atom. The zero-order chi connectivity index (χ0) is 18.0. The summed E-state index contributed by atoms with van der Waals surface area (Å²) < 4.78 is 45.8. The molecule has 1 heterocycles. The molecular weight excluding hydrogens is 331 g/mol. The standard InChI is InChI=1S/C19H18F3NO2/c1-12-6-8-13(9-7-12)17(19(20,21)22)23-18(24)15-10-14-4-2-3-5-16(14)25-11-15/h2-9,15,17H,10-11H2,1H3,(H,23,24)/t15-,17+/m0/s1. The summed E-state index contributed by atoms with van der Waals surface area (Å²) in [5.41, 5.74) is 1.70. The summed E-state index contributed by atoms with van der Waals surface area (Å²) in [5.74, 6) is -0.625. The molecule has 2 aromatic carbocycles. The highest BCUT2D eigenvalue weighted by Gasteiger charge is 2.43. The molecule has 0 spiro atoms. The van der Waals surface area contributed by atoms with Crippen LogP contribution in [0.5, 0.6) is 5.75 Å². The number of halogens is 3. The molecule has 0 aromatic heterocycles. The first-order valence-corrected chi connectivity index (χ1v) is 7.99. The number of benzene rings is 2. The average Bonchev–Trinajstić information content (AvgIpc) is 2.59. The summed E-state index contributed by atoms with van der Waals surface area (Å²) in [6.45, 7) is 1.86. The number of carbonyl (C=O) groups excluding carboxylic acids is 1. The van der Waals surface area contributed by atoms with Gasteiger partial charge in [-0.2, -0.15) is 13.2 Å². The smallest absolute Gasteiger partial charge is 0.412 e. The molecule has 3 nitrogen and oxygen atoms in total. The second-order valence-corrected chi connectivity index (χ2v) is 6.21. The van der Waals surface area contributed by atoms with Crippen LogP contribution in [-0.2, 0) is 11.2 Å². The summed E-state index contributed by atoms with van der Waals surface area (Å²) in [6, 6.07) is 11.2. The van der Waals surface area contributed by atoms with Crippen molar-refractivity contribution in [2.45, 2.75) is 25.6 Å². The number of ether oxygens (including phenoxy) is 1. The molecule has 0 saturated carbocycles. The largest absolute Gasteiger partial charge is 0.492 e. The van der Waals surface area contributed by atoms with E-state index in [1.54, 1.807) is 25.1 Å². The van der Waals surface area contributed by atoms with Crippen molar-refractivity contribution in [3.63, 3.8) is 0 Å². The fourth-order valence-corrected chi connectivity index (χ4v) is 2.87. The Labute approximate surface area is 143 Å².